The molecule has 0 saturated carbocycles. The van der Waals surface area contributed by atoms with Crippen molar-refractivity contribution in [3.63, 3.8) is 0 Å². The summed E-state index contributed by atoms with van der Waals surface area (Å²) in [6.07, 6.45) is 0. The van der Waals surface area contributed by atoms with Gasteiger partial charge in [0.05, 0.1) is 17.7 Å². The summed E-state index contributed by atoms with van der Waals surface area (Å²) < 4.78 is 36.8. The number of hydrogen-bond donors (Lipinski definition) is 2. The van der Waals surface area contributed by atoms with Crippen LogP contribution in [0, 0.1) is 0 Å². The predicted molar refractivity (Wildman–Crippen MR) is 143 cm³/mol. The van der Waals surface area contributed by atoms with Gasteiger partial charge >= 0.3 is 0 Å². The lowest BCUT2D eigenvalue weighted by Crippen LogP contribution is -2.15. The molecule has 182 valence electrons. The number of aryl methyl sites for hydroxylation is 1. The Morgan fingerprint density at radius 1 is 0.861 bits per heavy atom. The number of carbonyl (C=O) groups is 1. The first kappa shape index (κ1) is 23.4. The van der Waals surface area contributed by atoms with Gasteiger partial charge in [-0.15, -0.1) is 0 Å². The van der Waals surface area contributed by atoms with E-state index in [1.54, 1.807) is 30.3 Å². The quantitative estimate of drug-likeness (QED) is 0.293. The Kier molecular flexibility index (Phi) is 6.12. The maximum atomic E-state index is 13.3. The largest absolute Gasteiger partial charge is 0.495 e. The normalized spacial score (nSPS) is 11.5. The second-order valence-corrected chi connectivity index (χ2v) is 9.96. The Morgan fingerprint density at radius 2 is 1.58 bits per heavy atom. The fraction of sp³-hybridized carbons (Fsp3) is 0.107. The Labute approximate surface area is 209 Å². The molecule has 0 unspecified atom stereocenters. The first-order chi connectivity index (χ1) is 17.4. The first-order valence-corrected chi connectivity index (χ1v) is 13.0. The number of rotatable bonds is 7. The third-order valence-corrected chi connectivity index (χ3v) is 7.49. The van der Waals surface area contributed by atoms with Gasteiger partial charge in [-0.2, -0.15) is 0 Å². The second kappa shape index (κ2) is 9.39. The van der Waals surface area contributed by atoms with Crippen LogP contribution in [0.3, 0.4) is 0 Å². The van der Waals surface area contributed by atoms with Crippen LogP contribution in [-0.2, 0) is 16.6 Å². The maximum absolute atomic E-state index is 13.3. The summed E-state index contributed by atoms with van der Waals surface area (Å²) in [5, 5.41) is 4.78. The molecular formula is C28H25N3O4S. The molecule has 0 atom stereocenters. The van der Waals surface area contributed by atoms with Gasteiger partial charge in [-0.1, -0.05) is 36.4 Å². The highest BCUT2D eigenvalue weighted by Crippen LogP contribution is 2.33. The van der Waals surface area contributed by atoms with Crippen LogP contribution < -0.4 is 14.8 Å². The molecule has 8 heteroatoms. The van der Waals surface area contributed by atoms with Crippen LogP contribution in [0.5, 0.6) is 5.75 Å². The number of aromatic nitrogens is 1. The maximum Gasteiger partial charge on any atom is 0.261 e. The van der Waals surface area contributed by atoms with E-state index in [-0.39, 0.29) is 16.5 Å². The van der Waals surface area contributed by atoms with Crippen molar-refractivity contribution in [1.82, 2.24) is 4.57 Å². The number of ether oxygens (including phenoxy) is 1. The molecule has 4 aromatic carbocycles. The molecule has 1 aromatic heterocycles. The monoisotopic (exact) mass is 499 g/mol. The van der Waals surface area contributed by atoms with Crippen molar-refractivity contribution in [2.24, 2.45) is 0 Å². The zero-order valence-corrected chi connectivity index (χ0v) is 20.7. The molecule has 0 aliphatic carbocycles. The van der Waals surface area contributed by atoms with Crippen LogP contribution in [0.1, 0.15) is 17.3 Å². The first-order valence-electron chi connectivity index (χ1n) is 11.5. The number of nitrogens with zero attached hydrogens (tertiary/aromatic N) is 1. The van der Waals surface area contributed by atoms with E-state index in [2.05, 4.69) is 27.6 Å². The van der Waals surface area contributed by atoms with Crippen LogP contribution in [0.25, 0.3) is 21.8 Å². The van der Waals surface area contributed by atoms with Crippen LogP contribution in [-0.4, -0.2) is 26.0 Å². The summed E-state index contributed by atoms with van der Waals surface area (Å²) in [6.45, 7) is 2.89. The molecule has 7 nitrogen and oxygen atoms in total. The van der Waals surface area contributed by atoms with Crippen molar-refractivity contribution < 1.29 is 17.9 Å². The zero-order valence-electron chi connectivity index (χ0n) is 19.9. The van der Waals surface area contributed by atoms with Gasteiger partial charge in [0.15, 0.2) is 0 Å². The van der Waals surface area contributed by atoms with Crippen molar-refractivity contribution in [2.75, 3.05) is 17.1 Å². The van der Waals surface area contributed by atoms with E-state index >= 15 is 0 Å². The number of methoxy groups -OCH3 is 1. The number of fused-ring (bicyclic) bond motifs is 3. The Hall–Kier alpha value is -4.30. The molecule has 0 saturated heterocycles. The minimum atomic E-state index is -3.95. The van der Waals surface area contributed by atoms with Gasteiger partial charge < -0.3 is 14.6 Å². The second-order valence-electron chi connectivity index (χ2n) is 8.28. The SMILES string of the molecule is CCn1c2ccccc2c2cc(NS(=O)(=O)c3ccc(OC)c(NC(=O)c4ccccc4)c3)ccc21. The summed E-state index contributed by atoms with van der Waals surface area (Å²) in [4.78, 5) is 12.7. The van der Waals surface area contributed by atoms with E-state index in [0.717, 1.165) is 28.4 Å². The number of amides is 1. The highest BCUT2D eigenvalue weighted by molar-refractivity contribution is 7.92. The van der Waals surface area contributed by atoms with E-state index in [9.17, 15) is 13.2 Å². The van der Waals surface area contributed by atoms with E-state index in [1.807, 2.05) is 36.4 Å². The highest BCUT2D eigenvalue weighted by Gasteiger charge is 2.19. The van der Waals surface area contributed by atoms with E-state index < -0.39 is 10.0 Å². The van der Waals surface area contributed by atoms with Crippen molar-refractivity contribution in [3.05, 3.63) is 96.6 Å². The topological polar surface area (TPSA) is 89.4 Å². The number of nitrogens with one attached hydrogen (secondary N) is 2. The third kappa shape index (κ3) is 4.27. The van der Waals surface area contributed by atoms with Crippen LogP contribution in [0.4, 0.5) is 11.4 Å². The molecule has 2 N–H and O–H groups in total. The van der Waals surface area contributed by atoms with Crippen molar-refractivity contribution in [3.8, 4) is 5.75 Å². The average molecular weight is 500 g/mol. The molecule has 0 radical (unpaired) electrons. The summed E-state index contributed by atoms with van der Waals surface area (Å²) in [5.41, 5.74) is 3.30. The number of hydrogen-bond acceptors (Lipinski definition) is 4. The van der Waals surface area contributed by atoms with Gasteiger partial charge in [-0.3, -0.25) is 9.52 Å². The van der Waals surface area contributed by atoms with Crippen molar-refractivity contribution >= 4 is 49.1 Å². The zero-order chi connectivity index (χ0) is 25.3. The fourth-order valence-electron chi connectivity index (χ4n) is 4.41. The lowest BCUT2D eigenvalue weighted by molar-refractivity contribution is 0.102. The molecule has 5 aromatic rings. The summed E-state index contributed by atoms with van der Waals surface area (Å²) in [5.74, 6) is -0.0128. The number of para-hydroxylation sites is 1. The van der Waals surface area contributed by atoms with E-state index in [1.165, 1.54) is 25.3 Å². The third-order valence-electron chi connectivity index (χ3n) is 6.11. The van der Waals surface area contributed by atoms with Crippen molar-refractivity contribution in [1.29, 1.82) is 0 Å². The molecule has 5 rings (SSSR count). The van der Waals surface area contributed by atoms with Crippen LogP contribution >= 0.6 is 0 Å². The molecule has 1 amide bonds. The Morgan fingerprint density at radius 3 is 2.33 bits per heavy atom. The number of carbonyl (C=O) groups excluding carboxylic acids is 1. The van der Waals surface area contributed by atoms with Gasteiger partial charge in [0.2, 0.25) is 0 Å². The minimum absolute atomic E-state index is 0.00254. The number of sulfonamides is 1. The van der Waals surface area contributed by atoms with Crippen molar-refractivity contribution in [2.45, 2.75) is 18.4 Å². The van der Waals surface area contributed by atoms with Gasteiger partial charge in [0.1, 0.15) is 5.75 Å². The van der Waals surface area contributed by atoms with Gasteiger partial charge in [-0.05, 0) is 61.5 Å². The van der Waals surface area contributed by atoms with Crippen LogP contribution in [0.2, 0.25) is 0 Å². The predicted octanol–water partition coefficient (Wildman–Crippen LogP) is 5.88. The van der Waals surface area contributed by atoms with Gasteiger partial charge in [0.25, 0.3) is 15.9 Å². The molecule has 0 aliphatic rings. The smallest absolute Gasteiger partial charge is 0.261 e. The summed E-state index contributed by atoms with van der Waals surface area (Å²) in [6, 6.07) is 26.6. The van der Waals surface area contributed by atoms with Gasteiger partial charge in [0, 0.05) is 39.6 Å². The van der Waals surface area contributed by atoms with E-state index in [4.69, 9.17) is 4.74 Å². The average Bonchev–Trinajstić information content (AvgIpc) is 3.22. The molecule has 36 heavy (non-hydrogen) atoms. The highest BCUT2D eigenvalue weighted by atomic mass is 32.2. The van der Waals surface area contributed by atoms with Crippen LogP contribution in [0.15, 0.2) is 95.9 Å². The Bertz CT molecular complexity index is 1690. The fourth-order valence-corrected chi connectivity index (χ4v) is 5.48. The number of benzene rings is 4. The molecule has 0 bridgehead atoms. The van der Waals surface area contributed by atoms with E-state index in [0.29, 0.717) is 17.0 Å². The number of anilines is 2. The molecule has 0 aliphatic heterocycles. The lowest BCUT2D eigenvalue weighted by Gasteiger charge is -2.14. The van der Waals surface area contributed by atoms with Gasteiger partial charge in [-0.25, -0.2) is 8.42 Å². The molecule has 1 heterocycles. The lowest BCUT2D eigenvalue weighted by atomic mass is 10.1. The molecular weight excluding hydrogens is 474 g/mol. The molecule has 0 spiro atoms. The Balaban J connectivity index is 1.48. The summed E-state index contributed by atoms with van der Waals surface area (Å²) >= 11 is 0. The minimum Gasteiger partial charge on any atom is -0.495 e. The molecule has 0 fully saturated rings. The summed E-state index contributed by atoms with van der Waals surface area (Å²) in [7, 11) is -2.49. The standard InChI is InChI=1S/C28H25N3O4S/c1-3-31-25-12-8-7-11-22(25)23-17-20(13-15-26(23)31)30-36(33,34)21-14-16-27(35-2)24(18-21)29-28(32)19-9-5-4-6-10-19/h4-18,30H,3H2,1-2H3,(H,29,32).